The number of piperazine rings is 1. The van der Waals surface area contributed by atoms with Gasteiger partial charge in [-0.25, -0.2) is 8.42 Å². The lowest BCUT2D eigenvalue weighted by Crippen LogP contribution is -2.64. The van der Waals surface area contributed by atoms with E-state index in [2.05, 4.69) is 4.90 Å². The van der Waals surface area contributed by atoms with Crippen LogP contribution in [0.5, 0.6) is 0 Å². The van der Waals surface area contributed by atoms with Crippen LogP contribution in [-0.4, -0.2) is 55.4 Å². The van der Waals surface area contributed by atoms with Gasteiger partial charge in [0, 0.05) is 17.8 Å². The third kappa shape index (κ3) is 2.75. The lowest BCUT2D eigenvalue weighted by Gasteiger charge is -2.46. The first kappa shape index (κ1) is 16.1. The van der Waals surface area contributed by atoms with Crippen LogP contribution in [0.25, 0.3) is 0 Å². The fourth-order valence-electron chi connectivity index (χ4n) is 4.66. The van der Waals surface area contributed by atoms with E-state index in [1.54, 1.807) is 4.90 Å². The van der Waals surface area contributed by atoms with Crippen LogP contribution in [0.2, 0.25) is 0 Å². The maximum Gasteiger partial charge on any atom is 0.241 e. The van der Waals surface area contributed by atoms with Gasteiger partial charge >= 0.3 is 0 Å². The average Bonchev–Trinajstić information content (AvgIpc) is 3.13. The van der Waals surface area contributed by atoms with Crippen molar-refractivity contribution in [3.8, 4) is 0 Å². The van der Waals surface area contributed by atoms with Crippen molar-refractivity contribution in [3.63, 3.8) is 0 Å². The summed E-state index contributed by atoms with van der Waals surface area (Å²) in [4.78, 5) is 16.9. The van der Waals surface area contributed by atoms with E-state index in [4.69, 9.17) is 0 Å². The zero-order valence-electron chi connectivity index (χ0n) is 14.0. The Hall–Kier alpha value is -1.40. The van der Waals surface area contributed by atoms with E-state index in [0.29, 0.717) is 12.6 Å². The van der Waals surface area contributed by atoms with Gasteiger partial charge in [0.1, 0.15) is 0 Å². The average molecular weight is 348 g/mol. The Morgan fingerprint density at radius 1 is 1.08 bits per heavy atom. The highest BCUT2D eigenvalue weighted by Gasteiger charge is 2.51. The molecule has 0 spiro atoms. The molecule has 6 heteroatoms. The number of aryl methyl sites for hydroxylation is 1. The van der Waals surface area contributed by atoms with Gasteiger partial charge in [0.15, 0.2) is 9.84 Å². The number of hydrogen-bond acceptors (Lipinski definition) is 4. The van der Waals surface area contributed by atoms with Gasteiger partial charge in [-0.05, 0) is 37.5 Å². The highest BCUT2D eigenvalue weighted by molar-refractivity contribution is 7.91. The molecule has 2 saturated heterocycles. The molecule has 2 aliphatic heterocycles. The molecule has 1 aliphatic carbocycles. The van der Waals surface area contributed by atoms with Crippen molar-refractivity contribution in [3.05, 3.63) is 29.8 Å². The van der Waals surface area contributed by atoms with Gasteiger partial charge in [-0.2, -0.15) is 0 Å². The minimum Gasteiger partial charge on any atom is -0.306 e. The molecule has 130 valence electrons. The molecule has 1 saturated carbocycles. The Kier molecular flexibility index (Phi) is 3.92. The van der Waals surface area contributed by atoms with Gasteiger partial charge in [-0.15, -0.1) is 0 Å². The van der Waals surface area contributed by atoms with Gasteiger partial charge in [0.05, 0.1) is 24.1 Å². The van der Waals surface area contributed by atoms with Crippen molar-refractivity contribution in [1.29, 1.82) is 0 Å². The zero-order valence-corrected chi connectivity index (χ0v) is 14.8. The molecule has 0 N–H and O–H groups in total. The monoisotopic (exact) mass is 348 g/mol. The number of hydrogen-bond donors (Lipinski definition) is 0. The Balaban J connectivity index is 1.71. The number of nitrogens with zero attached hydrogens (tertiary/aromatic N) is 2. The van der Waals surface area contributed by atoms with Crippen LogP contribution in [0.15, 0.2) is 24.3 Å². The second-order valence-corrected chi connectivity index (χ2v) is 9.58. The van der Waals surface area contributed by atoms with Crippen LogP contribution < -0.4 is 4.90 Å². The van der Waals surface area contributed by atoms with E-state index >= 15 is 0 Å². The molecular weight excluding hydrogens is 324 g/mol. The topological polar surface area (TPSA) is 57.7 Å². The predicted octanol–water partition coefficient (Wildman–Crippen LogP) is 1.75. The molecule has 3 fully saturated rings. The van der Waals surface area contributed by atoms with Gasteiger partial charge in [0.25, 0.3) is 0 Å². The minimum atomic E-state index is -3.10. The number of amides is 1. The van der Waals surface area contributed by atoms with E-state index in [1.807, 2.05) is 31.2 Å². The van der Waals surface area contributed by atoms with Crippen LogP contribution >= 0.6 is 0 Å². The second-order valence-electron chi connectivity index (χ2n) is 7.42. The fourth-order valence-corrected chi connectivity index (χ4v) is 6.62. The van der Waals surface area contributed by atoms with Crippen molar-refractivity contribution in [2.24, 2.45) is 0 Å². The quantitative estimate of drug-likeness (QED) is 0.817. The standard InChI is InChI=1S/C18H24N2O3S/c1-13-5-4-8-15(9-13)20-17-12-24(22,23)11-16(17)19(10-18(20)21)14-6-2-3-7-14/h4-5,8-9,14,16-17H,2-3,6-7,10-12H2,1H3/t16-,17+/m0/s1. The number of sulfone groups is 1. The molecule has 0 bridgehead atoms. The molecule has 24 heavy (non-hydrogen) atoms. The summed E-state index contributed by atoms with van der Waals surface area (Å²) >= 11 is 0. The largest absolute Gasteiger partial charge is 0.306 e. The van der Waals surface area contributed by atoms with Gasteiger partial charge < -0.3 is 4.90 Å². The predicted molar refractivity (Wildman–Crippen MR) is 93.9 cm³/mol. The molecular formula is C18H24N2O3S. The molecule has 0 radical (unpaired) electrons. The molecule has 1 amide bonds. The maximum absolute atomic E-state index is 12.9. The number of fused-ring (bicyclic) bond motifs is 1. The van der Waals surface area contributed by atoms with Crippen LogP contribution in [-0.2, 0) is 14.6 Å². The smallest absolute Gasteiger partial charge is 0.241 e. The van der Waals surface area contributed by atoms with Crippen molar-refractivity contribution >= 4 is 21.4 Å². The van der Waals surface area contributed by atoms with E-state index in [-0.39, 0.29) is 29.5 Å². The molecule has 0 aromatic heterocycles. The second kappa shape index (κ2) is 5.85. The summed E-state index contributed by atoms with van der Waals surface area (Å²) in [5.74, 6) is 0.301. The van der Waals surface area contributed by atoms with E-state index in [0.717, 1.165) is 24.1 Å². The van der Waals surface area contributed by atoms with Crippen molar-refractivity contribution < 1.29 is 13.2 Å². The van der Waals surface area contributed by atoms with Crippen molar-refractivity contribution in [2.45, 2.75) is 50.7 Å². The van der Waals surface area contributed by atoms with Crippen LogP contribution in [0.4, 0.5) is 5.69 Å². The summed E-state index contributed by atoms with van der Waals surface area (Å²) < 4.78 is 24.7. The van der Waals surface area contributed by atoms with Crippen molar-refractivity contribution in [2.75, 3.05) is 23.0 Å². The van der Waals surface area contributed by atoms with E-state index < -0.39 is 9.84 Å². The molecule has 0 unspecified atom stereocenters. The molecule has 2 atom stereocenters. The number of carbonyl (C=O) groups excluding carboxylic acids is 1. The van der Waals surface area contributed by atoms with Gasteiger partial charge in [0.2, 0.25) is 5.91 Å². The highest BCUT2D eigenvalue weighted by Crippen LogP contribution is 2.36. The zero-order chi connectivity index (χ0) is 16.9. The lowest BCUT2D eigenvalue weighted by atomic mass is 9.99. The lowest BCUT2D eigenvalue weighted by molar-refractivity contribution is -0.124. The Labute approximate surface area is 143 Å². The van der Waals surface area contributed by atoms with Crippen LogP contribution in [0.3, 0.4) is 0 Å². The minimum absolute atomic E-state index is 0.0332. The number of rotatable bonds is 2. The van der Waals surface area contributed by atoms with Gasteiger partial charge in [-0.1, -0.05) is 25.0 Å². The summed E-state index contributed by atoms with van der Waals surface area (Å²) in [5.41, 5.74) is 1.91. The molecule has 3 aliphatic rings. The highest BCUT2D eigenvalue weighted by atomic mass is 32.2. The summed E-state index contributed by atoms with van der Waals surface area (Å²) in [6.45, 7) is 2.33. The first-order valence-electron chi connectivity index (χ1n) is 8.79. The number of benzene rings is 1. The first-order valence-corrected chi connectivity index (χ1v) is 10.6. The normalized spacial score (nSPS) is 30.7. The molecule has 1 aromatic carbocycles. The summed E-state index contributed by atoms with van der Waals surface area (Å²) in [6, 6.07) is 7.87. The van der Waals surface area contributed by atoms with Crippen molar-refractivity contribution in [1.82, 2.24) is 4.90 Å². The Bertz CT molecular complexity index is 755. The first-order chi connectivity index (χ1) is 11.4. The van der Waals surface area contributed by atoms with Crippen LogP contribution in [0.1, 0.15) is 31.2 Å². The summed E-state index contributed by atoms with van der Waals surface area (Å²) in [7, 11) is -3.10. The fraction of sp³-hybridized carbons (Fsp3) is 0.611. The van der Waals surface area contributed by atoms with Crippen LogP contribution in [0, 0.1) is 6.92 Å². The number of anilines is 1. The molecule has 5 nitrogen and oxygen atoms in total. The van der Waals surface area contributed by atoms with E-state index in [1.165, 1.54) is 12.8 Å². The molecule has 2 heterocycles. The molecule has 4 rings (SSSR count). The maximum atomic E-state index is 12.9. The Morgan fingerprint density at radius 2 is 1.79 bits per heavy atom. The number of carbonyl (C=O) groups is 1. The summed E-state index contributed by atoms with van der Waals surface area (Å²) in [6.07, 6.45) is 4.53. The molecule has 1 aromatic rings. The third-order valence-electron chi connectivity index (χ3n) is 5.71. The third-order valence-corrected chi connectivity index (χ3v) is 7.41. The SMILES string of the molecule is Cc1cccc(N2C(=O)CN(C3CCCC3)[C@H]3CS(=O)(=O)C[C@H]32)c1. The van der Waals surface area contributed by atoms with E-state index in [9.17, 15) is 13.2 Å². The Morgan fingerprint density at radius 3 is 2.50 bits per heavy atom. The summed E-state index contributed by atoms with van der Waals surface area (Å²) in [5, 5.41) is 0. The van der Waals surface area contributed by atoms with Gasteiger partial charge in [-0.3, -0.25) is 9.69 Å².